The van der Waals surface area contributed by atoms with E-state index in [1.54, 1.807) is 0 Å². The van der Waals surface area contributed by atoms with Crippen molar-refractivity contribution in [2.24, 2.45) is 5.92 Å². The smallest absolute Gasteiger partial charge is 0.0174 e. The normalized spacial score (nSPS) is 37.8. The van der Waals surface area contributed by atoms with Gasteiger partial charge in [0.2, 0.25) is 0 Å². The van der Waals surface area contributed by atoms with Gasteiger partial charge in [-0.2, -0.15) is 0 Å². The van der Waals surface area contributed by atoms with Gasteiger partial charge < -0.3 is 5.32 Å². The van der Waals surface area contributed by atoms with Gasteiger partial charge in [0.05, 0.1) is 0 Å². The minimum Gasteiger partial charge on any atom is -0.313 e. The summed E-state index contributed by atoms with van der Waals surface area (Å²) >= 11 is 0. The van der Waals surface area contributed by atoms with E-state index in [4.69, 9.17) is 0 Å². The summed E-state index contributed by atoms with van der Waals surface area (Å²) in [5.74, 6) is 1.78. The van der Waals surface area contributed by atoms with E-state index in [0.717, 1.165) is 17.9 Å². The fourth-order valence-corrected chi connectivity index (χ4v) is 2.56. The van der Waals surface area contributed by atoms with Gasteiger partial charge in [0.25, 0.3) is 0 Å². The third-order valence-electron chi connectivity index (χ3n) is 3.21. The summed E-state index contributed by atoms with van der Waals surface area (Å²) in [6, 6.07) is 11.7. The molecule has 1 aliphatic heterocycles. The molecule has 0 radical (unpaired) electrons. The third kappa shape index (κ3) is 0.831. The highest BCUT2D eigenvalue weighted by Gasteiger charge is 2.53. The number of hydrogen-bond acceptors (Lipinski definition) is 1. The molecule has 1 aromatic carbocycles. The Morgan fingerprint density at radius 2 is 2.00 bits per heavy atom. The second-order valence-corrected chi connectivity index (χ2v) is 3.87. The van der Waals surface area contributed by atoms with Crippen LogP contribution in [0.3, 0.4) is 0 Å². The molecule has 1 saturated carbocycles. The van der Waals surface area contributed by atoms with Crippen LogP contribution in [0.25, 0.3) is 0 Å². The molecule has 0 amide bonds. The average molecular weight is 159 g/mol. The predicted molar refractivity (Wildman–Crippen MR) is 49.1 cm³/mol. The van der Waals surface area contributed by atoms with Crippen LogP contribution in [0.5, 0.6) is 0 Å². The van der Waals surface area contributed by atoms with Crippen molar-refractivity contribution < 1.29 is 0 Å². The van der Waals surface area contributed by atoms with Gasteiger partial charge in [-0.05, 0) is 24.4 Å². The first kappa shape index (κ1) is 6.67. The first-order chi connectivity index (χ1) is 5.97. The summed E-state index contributed by atoms with van der Waals surface area (Å²) in [5, 5.41) is 3.54. The van der Waals surface area contributed by atoms with Crippen LogP contribution in [0.1, 0.15) is 17.9 Å². The van der Waals surface area contributed by atoms with Crippen molar-refractivity contribution in [2.45, 2.75) is 18.4 Å². The second-order valence-electron chi connectivity index (χ2n) is 3.87. The van der Waals surface area contributed by atoms with E-state index in [0.29, 0.717) is 0 Å². The quantitative estimate of drug-likeness (QED) is 0.658. The Kier molecular flexibility index (Phi) is 1.30. The van der Waals surface area contributed by atoms with Crippen LogP contribution in [0.4, 0.5) is 0 Å². The molecule has 1 aromatic rings. The van der Waals surface area contributed by atoms with Gasteiger partial charge >= 0.3 is 0 Å². The van der Waals surface area contributed by atoms with Gasteiger partial charge in [0, 0.05) is 12.0 Å². The van der Waals surface area contributed by atoms with Crippen molar-refractivity contribution >= 4 is 0 Å². The molecule has 2 fully saturated rings. The Morgan fingerprint density at radius 3 is 2.67 bits per heavy atom. The molecule has 0 bridgehead atoms. The van der Waals surface area contributed by atoms with Crippen molar-refractivity contribution in [3.05, 3.63) is 35.9 Å². The van der Waals surface area contributed by atoms with E-state index in [1.807, 2.05) is 0 Å². The van der Waals surface area contributed by atoms with E-state index in [2.05, 4.69) is 35.6 Å². The van der Waals surface area contributed by atoms with Crippen molar-refractivity contribution in [3.63, 3.8) is 0 Å². The van der Waals surface area contributed by atoms with Crippen LogP contribution in [-0.2, 0) is 0 Å². The van der Waals surface area contributed by atoms with Crippen molar-refractivity contribution in [2.75, 3.05) is 6.54 Å². The van der Waals surface area contributed by atoms with E-state index < -0.39 is 0 Å². The Bertz CT molecular complexity index is 270. The average Bonchev–Trinajstić information content (AvgIpc) is 2.62. The molecule has 62 valence electrons. The molecule has 1 N–H and O–H groups in total. The molecular weight excluding hydrogens is 146 g/mol. The minimum atomic E-state index is 0.812. The highest BCUT2D eigenvalue weighted by Crippen LogP contribution is 2.52. The highest BCUT2D eigenvalue weighted by molar-refractivity contribution is 5.32. The summed E-state index contributed by atoms with van der Waals surface area (Å²) in [5.41, 5.74) is 1.53. The van der Waals surface area contributed by atoms with Crippen LogP contribution in [0.15, 0.2) is 30.3 Å². The zero-order valence-electron chi connectivity index (χ0n) is 7.03. The molecule has 1 heteroatoms. The number of nitrogens with one attached hydrogen (secondary N) is 1. The Hall–Kier alpha value is -0.820. The Balaban J connectivity index is 1.85. The first-order valence-electron chi connectivity index (χ1n) is 4.75. The largest absolute Gasteiger partial charge is 0.313 e. The van der Waals surface area contributed by atoms with Crippen LogP contribution < -0.4 is 5.32 Å². The van der Waals surface area contributed by atoms with Gasteiger partial charge in [-0.15, -0.1) is 0 Å². The van der Waals surface area contributed by atoms with Gasteiger partial charge in [0.1, 0.15) is 0 Å². The zero-order chi connectivity index (χ0) is 7.97. The number of piperidine rings is 1. The number of rotatable bonds is 1. The number of benzene rings is 1. The Labute approximate surface area is 72.8 Å². The zero-order valence-corrected chi connectivity index (χ0v) is 7.03. The molecule has 1 nitrogen and oxygen atoms in total. The SMILES string of the molecule is c1ccc(C2C3CCNC32)cc1. The maximum absolute atomic E-state index is 3.54. The molecule has 2 aliphatic rings. The molecular formula is C11H13N. The monoisotopic (exact) mass is 159 g/mol. The lowest BCUT2D eigenvalue weighted by molar-refractivity contribution is 0.691. The van der Waals surface area contributed by atoms with Crippen LogP contribution in [-0.4, -0.2) is 12.6 Å². The molecule has 1 aliphatic carbocycles. The second kappa shape index (κ2) is 2.33. The topological polar surface area (TPSA) is 12.0 Å². The van der Waals surface area contributed by atoms with E-state index in [1.165, 1.54) is 18.5 Å². The summed E-state index contributed by atoms with van der Waals surface area (Å²) < 4.78 is 0. The fourth-order valence-electron chi connectivity index (χ4n) is 2.56. The van der Waals surface area contributed by atoms with E-state index in [-0.39, 0.29) is 0 Å². The summed E-state index contributed by atoms with van der Waals surface area (Å²) in [7, 11) is 0. The molecule has 0 aromatic heterocycles. The van der Waals surface area contributed by atoms with Gasteiger partial charge in [-0.3, -0.25) is 0 Å². The first-order valence-corrected chi connectivity index (χ1v) is 4.75. The molecule has 3 unspecified atom stereocenters. The Morgan fingerprint density at radius 1 is 1.17 bits per heavy atom. The lowest BCUT2D eigenvalue weighted by Crippen LogP contribution is -2.14. The molecule has 0 spiro atoms. The molecule has 1 saturated heterocycles. The lowest BCUT2D eigenvalue weighted by Gasteiger charge is -2.02. The maximum atomic E-state index is 3.54. The molecule has 1 heterocycles. The van der Waals surface area contributed by atoms with Gasteiger partial charge in [-0.1, -0.05) is 30.3 Å². The summed E-state index contributed by atoms with van der Waals surface area (Å²) in [6.45, 7) is 1.23. The van der Waals surface area contributed by atoms with Crippen LogP contribution in [0, 0.1) is 5.92 Å². The van der Waals surface area contributed by atoms with Crippen LogP contribution in [0.2, 0.25) is 0 Å². The lowest BCUT2D eigenvalue weighted by atomic mass is 10.1. The fraction of sp³-hybridized carbons (Fsp3) is 0.455. The molecule has 3 rings (SSSR count). The molecule has 3 atom stereocenters. The minimum absolute atomic E-state index is 0.812. The van der Waals surface area contributed by atoms with Gasteiger partial charge in [0.15, 0.2) is 0 Å². The van der Waals surface area contributed by atoms with Gasteiger partial charge in [-0.25, -0.2) is 0 Å². The van der Waals surface area contributed by atoms with Crippen LogP contribution >= 0.6 is 0 Å². The highest BCUT2D eigenvalue weighted by atomic mass is 15.0. The summed E-state index contributed by atoms with van der Waals surface area (Å²) in [6.07, 6.45) is 1.38. The van der Waals surface area contributed by atoms with Crippen molar-refractivity contribution in [1.29, 1.82) is 0 Å². The standard InChI is InChI=1S/C11H13N/c1-2-4-8(5-3-1)10-9-6-7-12-11(9)10/h1-5,9-12H,6-7H2. The van der Waals surface area contributed by atoms with Crippen molar-refractivity contribution in [3.8, 4) is 0 Å². The summed E-state index contributed by atoms with van der Waals surface area (Å²) in [4.78, 5) is 0. The third-order valence-corrected chi connectivity index (χ3v) is 3.21. The van der Waals surface area contributed by atoms with Crippen molar-refractivity contribution in [1.82, 2.24) is 5.32 Å². The predicted octanol–water partition coefficient (Wildman–Crippen LogP) is 1.76. The number of hydrogen-bond donors (Lipinski definition) is 1. The number of fused-ring (bicyclic) bond motifs is 1. The van der Waals surface area contributed by atoms with E-state index >= 15 is 0 Å². The van der Waals surface area contributed by atoms with E-state index in [9.17, 15) is 0 Å². The maximum Gasteiger partial charge on any atom is 0.0174 e. The molecule has 12 heavy (non-hydrogen) atoms.